The fourth-order valence-electron chi connectivity index (χ4n) is 4.28. The highest BCUT2D eigenvalue weighted by atomic mass is 79.9. The summed E-state index contributed by atoms with van der Waals surface area (Å²) < 4.78 is 36.8. The first kappa shape index (κ1) is 24.1. The summed E-state index contributed by atoms with van der Waals surface area (Å²) in [5.74, 6) is -0.972. The van der Waals surface area contributed by atoms with Crippen LogP contribution in [-0.4, -0.2) is 33.2 Å². The van der Waals surface area contributed by atoms with Crippen LogP contribution >= 0.6 is 15.9 Å². The lowest BCUT2D eigenvalue weighted by atomic mass is 10.1. The molecule has 1 aliphatic heterocycles. The number of nitrogens with zero attached hydrogens (tertiary/aromatic N) is 3. The molecule has 6 nitrogen and oxygen atoms in total. The van der Waals surface area contributed by atoms with E-state index in [4.69, 9.17) is 15.6 Å². The minimum Gasteiger partial charge on any atom is -0.399 e. The normalized spacial score (nSPS) is 17.7. The highest BCUT2D eigenvalue weighted by Crippen LogP contribution is 2.37. The molecular formula is C27H23BrF2N4O2. The first-order valence-electron chi connectivity index (χ1n) is 11.4. The SMILES string of the molecule is CC1OC(c2cn(-c3ccc(Br)cc3)nc2-c2ccc(F)cc2)N(CCc2ccc(N)cc2F)C1=O. The van der Waals surface area contributed by atoms with Gasteiger partial charge in [0.15, 0.2) is 6.23 Å². The van der Waals surface area contributed by atoms with Gasteiger partial charge in [0, 0.05) is 34.0 Å². The molecule has 0 spiro atoms. The molecule has 184 valence electrons. The van der Waals surface area contributed by atoms with E-state index in [2.05, 4.69) is 15.9 Å². The summed E-state index contributed by atoms with van der Waals surface area (Å²) in [6.45, 7) is 1.93. The number of carbonyl (C=O) groups is 1. The van der Waals surface area contributed by atoms with Crippen LogP contribution in [0, 0.1) is 11.6 Å². The summed E-state index contributed by atoms with van der Waals surface area (Å²) in [7, 11) is 0. The van der Waals surface area contributed by atoms with Crippen LogP contribution in [0.4, 0.5) is 14.5 Å². The minimum atomic E-state index is -0.742. The van der Waals surface area contributed by atoms with Crippen molar-refractivity contribution in [1.82, 2.24) is 14.7 Å². The molecule has 2 N–H and O–H groups in total. The van der Waals surface area contributed by atoms with Crippen molar-refractivity contribution in [3.63, 3.8) is 0 Å². The largest absolute Gasteiger partial charge is 0.399 e. The molecule has 2 atom stereocenters. The van der Waals surface area contributed by atoms with Crippen molar-refractivity contribution in [2.24, 2.45) is 0 Å². The Morgan fingerprint density at radius 2 is 1.78 bits per heavy atom. The van der Waals surface area contributed by atoms with E-state index in [1.54, 1.807) is 40.8 Å². The molecule has 2 heterocycles. The van der Waals surface area contributed by atoms with E-state index in [0.717, 1.165) is 10.2 Å². The molecule has 5 rings (SSSR count). The number of nitrogen functional groups attached to an aromatic ring is 1. The third-order valence-electron chi connectivity index (χ3n) is 6.16. The van der Waals surface area contributed by atoms with E-state index in [-0.39, 0.29) is 24.7 Å². The molecule has 4 aromatic rings. The average molecular weight is 553 g/mol. The Bertz CT molecular complexity index is 1410. The molecule has 3 aromatic carbocycles. The molecule has 2 unspecified atom stereocenters. The summed E-state index contributed by atoms with van der Waals surface area (Å²) >= 11 is 3.44. The Labute approximate surface area is 215 Å². The first-order valence-corrected chi connectivity index (χ1v) is 12.2. The number of aromatic nitrogens is 2. The Balaban J connectivity index is 1.53. The lowest BCUT2D eigenvalue weighted by Gasteiger charge is -2.23. The highest BCUT2D eigenvalue weighted by molar-refractivity contribution is 9.10. The highest BCUT2D eigenvalue weighted by Gasteiger charge is 2.40. The van der Waals surface area contributed by atoms with Gasteiger partial charge in [0.25, 0.3) is 5.91 Å². The second kappa shape index (κ2) is 9.83. The summed E-state index contributed by atoms with van der Waals surface area (Å²) in [5, 5.41) is 4.77. The van der Waals surface area contributed by atoms with Crippen LogP contribution in [0.25, 0.3) is 16.9 Å². The number of halogens is 3. The van der Waals surface area contributed by atoms with Gasteiger partial charge in [-0.25, -0.2) is 13.5 Å². The number of hydrogen-bond donors (Lipinski definition) is 1. The van der Waals surface area contributed by atoms with Crippen LogP contribution in [0.15, 0.2) is 77.4 Å². The number of ether oxygens (including phenoxy) is 1. The maximum Gasteiger partial charge on any atom is 0.253 e. The van der Waals surface area contributed by atoms with Gasteiger partial charge in [0.2, 0.25) is 0 Å². The van der Waals surface area contributed by atoms with Crippen LogP contribution in [0.5, 0.6) is 0 Å². The number of hydrogen-bond acceptors (Lipinski definition) is 4. The number of benzene rings is 3. The molecule has 1 amide bonds. The zero-order chi connectivity index (χ0) is 25.4. The summed E-state index contributed by atoms with van der Waals surface area (Å²) in [5.41, 5.74) is 9.17. The number of rotatable bonds is 6. The predicted octanol–water partition coefficient (Wildman–Crippen LogP) is 5.65. The van der Waals surface area contributed by atoms with Crippen LogP contribution in [0.3, 0.4) is 0 Å². The number of amides is 1. The van der Waals surface area contributed by atoms with Crippen molar-refractivity contribution in [3.8, 4) is 16.9 Å². The monoisotopic (exact) mass is 552 g/mol. The van der Waals surface area contributed by atoms with Gasteiger partial charge < -0.3 is 15.4 Å². The lowest BCUT2D eigenvalue weighted by Crippen LogP contribution is -2.32. The third kappa shape index (κ3) is 4.76. The zero-order valence-corrected chi connectivity index (χ0v) is 21.0. The van der Waals surface area contributed by atoms with Crippen molar-refractivity contribution >= 4 is 27.5 Å². The number of anilines is 1. The standard InChI is InChI=1S/C27H23BrF2N4O2/c1-16-26(35)33(13-12-17-4-9-21(31)14-24(17)30)27(36-16)23-15-34(22-10-5-19(28)6-11-22)32-25(23)18-2-7-20(29)8-3-18/h2-11,14-16,27H,12-13,31H2,1H3. The minimum absolute atomic E-state index is 0.197. The fraction of sp³-hybridized carbons (Fsp3) is 0.185. The number of nitrogens with two attached hydrogens (primary N) is 1. The Kier molecular flexibility index (Phi) is 6.59. The molecular weight excluding hydrogens is 530 g/mol. The molecule has 0 radical (unpaired) electrons. The Morgan fingerprint density at radius 3 is 2.47 bits per heavy atom. The number of carbonyl (C=O) groups excluding carboxylic acids is 1. The molecule has 1 aliphatic rings. The van der Waals surface area contributed by atoms with Crippen LogP contribution in [-0.2, 0) is 16.0 Å². The molecule has 1 saturated heterocycles. The molecule has 0 aliphatic carbocycles. The summed E-state index contributed by atoms with van der Waals surface area (Å²) in [4.78, 5) is 14.7. The molecule has 1 fully saturated rings. The van der Waals surface area contributed by atoms with E-state index in [1.807, 2.05) is 30.5 Å². The maximum absolute atomic E-state index is 14.4. The fourth-order valence-corrected chi connectivity index (χ4v) is 4.54. The van der Waals surface area contributed by atoms with Gasteiger partial charge in [-0.15, -0.1) is 0 Å². The van der Waals surface area contributed by atoms with Crippen molar-refractivity contribution in [1.29, 1.82) is 0 Å². The zero-order valence-electron chi connectivity index (χ0n) is 19.4. The van der Waals surface area contributed by atoms with Crippen LogP contribution in [0.1, 0.15) is 24.3 Å². The molecule has 0 bridgehead atoms. The van der Waals surface area contributed by atoms with Crippen molar-refractivity contribution in [2.45, 2.75) is 25.7 Å². The van der Waals surface area contributed by atoms with Gasteiger partial charge in [-0.1, -0.05) is 22.0 Å². The van der Waals surface area contributed by atoms with Gasteiger partial charge in [-0.3, -0.25) is 4.79 Å². The van der Waals surface area contributed by atoms with Gasteiger partial charge in [-0.2, -0.15) is 5.10 Å². The van der Waals surface area contributed by atoms with Crippen molar-refractivity contribution in [3.05, 3.63) is 100 Å². The van der Waals surface area contributed by atoms with Gasteiger partial charge >= 0.3 is 0 Å². The summed E-state index contributed by atoms with van der Waals surface area (Å²) in [6.07, 6.45) is 0.684. The van der Waals surface area contributed by atoms with Crippen molar-refractivity contribution < 1.29 is 18.3 Å². The third-order valence-corrected chi connectivity index (χ3v) is 6.69. The Morgan fingerprint density at radius 1 is 1.06 bits per heavy atom. The molecule has 0 saturated carbocycles. The smallest absolute Gasteiger partial charge is 0.253 e. The van der Waals surface area contributed by atoms with Crippen LogP contribution in [0.2, 0.25) is 0 Å². The van der Waals surface area contributed by atoms with Gasteiger partial charge in [-0.05, 0) is 79.6 Å². The topological polar surface area (TPSA) is 73.4 Å². The van der Waals surface area contributed by atoms with Gasteiger partial charge in [0.1, 0.15) is 23.4 Å². The van der Waals surface area contributed by atoms with Crippen LogP contribution < -0.4 is 5.73 Å². The second-order valence-corrected chi connectivity index (χ2v) is 9.54. The quantitative estimate of drug-likeness (QED) is 0.313. The van der Waals surface area contributed by atoms with E-state index >= 15 is 0 Å². The van der Waals surface area contributed by atoms with E-state index in [9.17, 15) is 13.6 Å². The lowest BCUT2D eigenvalue weighted by molar-refractivity contribution is -0.130. The maximum atomic E-state index is 14.4. The van der Waals surface area contributed by atoms with Gasteiger partial charge in [0.05, 0.1) is 5.69 Å². The van der Waals surface area contributed by atoms with E-state index in [0.29, 0.717) is 28.1 Å². The average Bonchev–Trinajstić information content (AvgIpc) is 3.41. The van der Waals surface area contributed by atoms with E-state index in [1.165, 1.54) is 18.2 Å². The summed E-state index contributed by atoms with van der Waals surface area (Å²) in [6, 6.07) is 18.1. The molecule has 36 heavy (non-hydrogen) atoms. The van der Waals surface area contributed by atoms with E-state index < -0.39 is 18.1 Å². The van der Waals surface area contributed by atoms with Crippen molar-refractivity contribution in [2.75, 3.05) is 12.3 Å². The molecule has 1 aromatic heterocycles. The first-order chi connectivity index (χ1) is 17.3. The Hall–Kier alpha value is -3.56. The second-order valence-electron chi connectivity index (χ2n) is 8.62. The molecule has 9 heteroatoms. The predicted molar refractivity (Wildman–Crippen MR) is 136 cm³/mol.